The number of hydrogen-bond acceptors (Lipinski definition) is 4. The predicted molar refractivity (Wildman–Crippen MR) is 95.8 cm³/mol. The van der Waals surface area contributed by atoms with E-state index in [1.54, 1.807) is 18.2 Å². The lowest BCUT2D eigenvalue weighted by Crippen LogP contribution is -2.15. The third-order valence-electron chi connectivity index (χ3n) is 3.24. The van der Waals surface area contributed by atoms with Gasteiger partial charge in [0.1, 0.15) is 5.75 Å². The molecule has 0 aliphatic rings. The summed E-state index contributed by atoms with van der Waals surface area (Å²) in [6.07, 6.45) is 0. The summed E-state index contributed by atoms with van der Waals surface area (Å²) in [5.41, 5.74) is 2.08. The Kier molecular flexibility index (Phi) is 5.38. The zero-order chi connectivity index (χ0) is 18.6. The fraction of sp³-hybridized carbons (Fsp3) is 0.167. The molecule has 7 nitrogen and oxygen atoms in total. The maximum atomic E-state index is 12.5. The number of benzene rings is 2. The van der Waals surface area contributed by atoms with Crippen LogP contribution >= 0.6 is 0 Å². The lowest BCUT2D eigenvalue weighted by Gasteiger charge is -2.12. The van der Waals surface area contributed by atoms with Crippen LogP contribution in [0.3, 0.4) is 0 Å². The normalized spacial score (nSPS) is 10.0. The minimum absolute atomic E-state index is 0.0477. The van der Waals surface area contributed by atoms with Gasteiger partial charge in [-0.2, -0.15) is 0 Å². The molecular weight excluding hydrogens is 322 g/mol. The average molecular weight is 341 g/mol. The van der Waals surface area contributed by atoms with Gasteiger partial charge in [-0.25, -0.2) is 0 Å². The summed E-state index contributed by atoms with van der Waals surface area (Å²) in [6.45, 7) is 4.51. The van der Waals surface area contributed by atoms with E-state index < -0.39 is 5.91 Å². The molecule has 0 saturated carbocycles. The number of anilines is 3. The Morgan fingerprint density at radius 2 is 1.40 bits per heavy atom. The van der Waals surface area contributed by atoms with Crippen molar-refractivity contribution in [1.82, 2.24) is 0 Å². The van der Waals surface area contributed by atoms with E-state index in [4.69, 9.17) is 0 Å². The molecule has 4 N–H and O–H groups in total. The quantitative estimate of drug-likeness (QED) is 0.641. The highest BCUT2D eigenvalue weighted by atomic mass is 16.3. The van der Waals surface area contributed by atoms with Crippen LogP contribution in [-0.4, -0.2) is 22.8 Å². The van der Waals surface area contributed by atoms with Crippen molar-refractivity contribution in [1.29, 1.82) is 0 Å². The lowest BCUT2D eigenvalue weighted by atomic mass is 10.1. The second-order valence-corrected chi connectivity index (χ2v) is 5.64. The first kappa shape index (κ1) is 18.0. The number of aryl methyl sites for hydroxylation is 1. The highest BCUT2D eigenvalue weighted by Gasteiger charge is 2.12. The van der Waals surface area contributed by atoms with Crippen molar-refractivity contribution < 1.29 is 19.5 Å². The maximum Gasteiger partial charge on any atom is 0.255 e. The third-order valence-corrected chi connectivity index (χ3v) is 3.24. The molecule has 0 aliphatic heterocycles. The van der Waals surface area contributed by atoms with Gasteiger partial charge in [0.25, 0.3) is 5.91 Å². The first-order chi connectivity index (χ1) is 11.7. The number of carbonyl (C=O) groups excluding carboxylic acids is 3. The van der Waals surface area contributed by atoms with Gasteiger partial charge in [0.05, 0.1) is 5.69 Å². The Morgan fingerprint density at radius 3 is 1.88 bits per heavy atom. The van der Waals surface area contributed by atoms with Crippen LogP contribution in [0.4, 0.5) is 17.1 Å². The number of carbonyl (C=O) groups is 3. The Morgan fingerprint density at radius 1 is 0.840 bits per heavy atom. The monoisotopic (exact) mass is 341 g/mol. The second-order valence-electron chi connectivity index (χ2n) is 5.64. The molecule has 0 heterocycles. The SMILES string of the molecule is CC(=O)Nc1cc(NC(C)=O)cc(C(=O)Nc2ccc(C)cc2O)c1. The average Bonchev–Trinajstić information content (AvgIpc) is 2.48. The smallest absolute Gasteiger partial charge is 0.255 e. The molecule has 130 valence electrons. The number of nitrogens with one attached hydrogen (secondary N) is 3. The molecule has 0 aromatic heterocycles. The van der Waals surface area contributed by atoms with Crippen molar-refractivity contribution in [3.05, 3.63) is 47.5 Å². The molecule has 0 spiro atoms. The van der Waals surface area contributed by atoms with Crippen molar-refractivity contribution >= 4 is 34.8 Å². The topological polar surface area (TPSA) is 108 Å². The Balaban J connectivity index is 2.33. The van der Waals surface area contributed by atoms with Crippen LogP contribution in [0.15, 0.2) is 36.4 Å². The Bertz CT molecular complexity index is 812. The molecule has 0 unspecified atom stereocenters. The van der Waals surface area contributed by atoms with E-state index in [-0.39, 0.29) is 28.8 Å². The summed E-state index contributed by atoms with van der Waals surface area (Å²) in [5, 5.41) is 17.7. The van der Waals surface area contributed by atoms with Crippen molar-refractivity contribution in [2.24, 2.45) is 0 Å². The maximum absolute atomic E-state index is 12.5. The number of amides is 3. The number of hydrogen-bond donors (Lipinski definition) is 4. The number of phenols is 1. The van der Waals surface area contributed by atoms with E-state index >= 15 is 0 Å². The van der Waals surface area contributed by atoms with Crippen LogP contribution in [0.2, 0.25) is 0 Å². The minimum Gasteiger partial charge on any atom is -0.506 e. The van der Waals surface area contributed by atoms with Gasteiger partial charge >= 0.3 is 0 Å². The van der Waals surface area contributed by atoms with Gasteiger partial charge in [-0.05, 0) is 42.8 Å². The number of rotatable bonds is 4. The molecule has 2 aromatic carbocycles. The van der Waals surface area contributed by atoms with Crippen LogP contribution in [-0.2, 0) is 9.59 Å². The highest BCUT2D eigenvalue weighted by molar-refractivity contribution is 6.07. The zero-order valence-corrected chi connectivity index (χ0v) is 14.1. The van der Waals surface area contributed by atoms with Gasteiger partial charge in [0.2, 0.25) is 11.8 Å². The standard InChI is InChI=1S/C18H19N3O4/c1-10-4-5-16(17(24)6-10)21-18(25)13-7-14(19-11(2)22)9-15(8-13)20-12(3)23/h4-9,24H,1-3H3,(H,19,22)(H,20,23)(H,21,25). The summed E-state index contributed by atoms with van der Waals surface area (Å²) >= 11 is 0. The predicted octanol–water partition coefficient (Wildman–Crippen LogP) is 2.87. The van der Waals surface area contributed by atoms with Crippen molar-refractivity contribution in [3.63, 3.8) is 0 Å². The van der Waals surface area contributed by atoms with Crippen LogP contribution in [0.25, 0.3) is 0 Å². The summed E-state index contributed by atoms with van der Waals surface area (Å²) < 4.78 is 0. The molecule has 7 heteroatoms. The van der Waals surface area contributed by atoms with E-state index in [1.165, 1.54) is 32.0 Å². The number of phenolic OH excluding ortho intramolecular Hbond substituents is 1. The van der Waals surface area contributed by atoms with Crippen molar-refractivity contribution in [2.45, 2.75) is 20.8 Å². The van der Waals surface area contributed by atoms with Crippen LogP contribution in [0.1, 0.15) is 29.8 Å². The van der Waals surface area contributed by atoms with Gasteiger partial charge in [0, 0.05) is 30.8 Å². The molecule has 0 radical (unpaired) electrons. The molecule has 2 aromatic rings. The molecule has 2 rings (SSSR count). The third kappa shape index (κ3) is 5.07. The van der Waals surface area contributed by atoms with E-state index in [0.29, 0.717) is 11.4 Å². The van der Waals surface area contributed by atoms with Crippen molar-refractivity contribution in [3.8, 4) is 5.75 Å². The molecule has 0 bridgehead atoms. The van der Waals surface area contributed by atoms with Crippen LogP contribution in [0.5, 0.6) is 5.75 Å². The highest BCUT2D eigenvalue weighted by Crippen LogP contribution is 2.26. The van der Waals surface area contributed by atoms with E-state index in [0.717, 1.165) is 5.56 Å². The van der Waals surface area contributed by atoms with Crippen LogP contribution < -0.4 is 16.0 Å². The van der Waals surface area contributed by atoms with Crippen LogP contribution in [0, 0.1) is 6.92 Å². The molecule has 0 fully saturated rings. The van der Waals surface area contributed by atoms with Gasteiger partial charge in [-0.1, -0.05) is 6.07 Å². The first-order valence-corrected chi connectivity index (χ1v) is 7.56. The van der Waals surface area contributed by atoms with Gasteiger partial charge in [-0.3, -0.25) is 14.4 Å². The zero-order valence-electron chi connectivity index (χ0n) is 14.1. The van der Waals surface area contributed by atoms with E-state index in [2.05, 4.69) is 16.0 Å². The molecule has 0 aliphatic carbocycles. The summed E-state index contributed by atoms with van der Waals surface area (Å²) in [7, 11) is 0. The molecule has 25 heavy (non-hydrogen) atoms. The molecule has 0 atom stereocenters. The van der Waals surface area contributed by atoms with E-state index in [1.807, 2.05) is 6.92 Å². The Labute approximate surface area is 145 Å². The second kappa shape index (κ2) is 7.48. The summed E-state index contributed by atoms with van der Waals surface area (Å²) in [5.74, 6) is -1.14. The minimum atomic E-state index is -0.488. The number of aromatic hydroxyl groups is 1. The molecular formula is C18H19N3O4. The molecule has 0 saturated heterocycles. The van der Waals surface area contributed by atoms with Gasteiger partial charge < -0.3 is 21.1 Å². The Hall–Kier alpha value is -3.35. The summed E-state index contributed by atoms with van der Waals surface area (Å²) in [6, 6.07) is 9.39. The largest absolute Gasteiger partial charge is 0.506 e. The van der Waals surface area contributed by atoms with Crippen molar-refractivity contribution in [2.75, 3.05) is 16.0 Å². The van der Waals surface area contributed by atoms with E-state index in [9.17, 15) is 19.5 Å². The molecule has 3 amide bonds. The van der Waals surface area contributed by atoms with Gasteiger partial charge in [0.15, 0.2) is 0 Å². The fourth-order valence-electron chi connectivity index (χ4n) is 2.25. The lowest BCUT2D eigenvalue weighted by molar-refractivity contribution is -0.115. The first-order valence-electron chi connectivity index (χ1n) is 7.56. The van der Waals surface area contributed by atoms with Gasteiger partial charge in [-0.15, -0.1) is 0 Å². The fourth-order valence-corrected chi connectivity index (χ4v) is 2.25. The summed E-state index contributed by atoms with van der Waals surface area (Å²) in [4.78, 5) is 35.0.